The zero-order valence-corrected chi connectivity index (χ0v) is 9.15. The monoisotopic (exact) mass is 209 g/mol. The molecule has 84 valence electrons. The Hall–Kier alpha value is -1.06. The Morgan fingerprint density at radius 3 is 2.73 bits per heavy atom. The fourth-order valence-corrected chi connectivity index (χ4v) is 1.50. The molecule has 0 heterocycles. The third-order valence-electron chi connectivity index (χ3n) is 2.37. The Morgan fingerprint density at radius 1 is 1.40 bits per heavy atom. The van der Waals surface area contributed by atoms with E-state index in [9.17, 15) is 0 Å². The quantitative estimate of drug-likeness (QED) is 0.740. The van der Waals surface area contributed by atoms with Crippen LogP contribution in [-0.4, -0.2) is 24.9 Å². The highest BCUT2D eigenvalue weighted by Gasteiger charge is 2.09. The van der Waals surface area contributed by atoms with Gasteiger partial charge in [0.15, 0.2) is 0 Å². The summed E-state index contributed by atoms with van der Waals surface area (Å²) in [5.41, 5.74) is 6.67. The van der Waals surface area contributed by atoms with E-state index >= 15 is 0 Å². The molecule has 0 saturated heterocycles. The lowest BCUT2D eigenvalue weighted by molar-refractivity contribution is 0.228. The molecular weight excluding hydrogens is 190 g/mol. The Kier molecular flexibility index (Phi) is 5.15. The number of nitrogens with two attached hydrogens (primary N) is 1. The molecule has 1 rings (SSSR count). The molecule has 0 saturated carbocycles. The van der Waals surface area contributed by atoms with E-state index < -0.39 is 0 Å². The maximum atomic E-state index is 9.09. The maximum Gasteiger partial charge on any atom is 0.122 e. The zero-order valence-electron chi connectivity index (χ0n) is 9.15. The van der Waals surface area contributed by atoms with Gasteiger partial charge in [-0.3, -0.25) is 0 Å². The van der Waals surface area contributed by atoms with Gasteiger partial charge in [-0.25, -0.2) is 0 Å². The second-order valence-electron chi connectivity index (χ2n) is 3.53. The SMILES string of the molecule is CCOc1ccccc1CC(CN)CO. The van der Waals surface area contributed by atoms with E-state index in [-0.39, 0.29) is 12.5 Å². The Morgan fingerprint density at radius 2 is 2.13 bits per heavy atom. The predicted molar refractivity (Wildman–Crippen MR) is 60.9 cm³/mol. The van der Waals surface area contributed by atoms with Crippen LogP contribution in [0, 0.1) is 5.92 Å². The lowest BCUT2D eigenvalue weighted by Crippen LogP contribution is -2.20. The number of benzene rings is 1. The average Bonchev–Trinajstić information content (AvgIpc) is 2.28. The molecule has 1 aromatic carbocycles. The Bertz CT molecular complexity index is 285. The van der Waals surface area contributed by atoms with Gasteiger partial charge in [0.05, 0.1) is 6.61 Å². The minimum absolute atomic E-state index is 0.117. The third kappa shape index (κ3) is 3.53. The van der Waals surface area contributed by atoms with Crippen molar-refractivity contribution in [3.63, 3.8) is 0 Å². The van der Waals surface area contributed by atoms with Crippen molar-refractivity contribution in [2.45, 2.75) is 13.3 Å². The van der Waals surface area contributed by atoms with E-state index in [1.807, 2.05) is 31.2 Å². The summed E-state index contributed by atoms with van der Waals surface area (Å²) in [5, 5.41) is 9.09. The molecule has 0 bridgehead atoms. The molecule has 3 nitrogen and oxygen atoms in total. The molecule has 1 atom stereocenters. The van der Waals surface area contributed by atoms with Gasteiger partial charge in [-0.1, -0.05) is 18.2 Å². The first-order valence-corrected chi connectivity index (χ1v) is 5.33. The van der Waals surface area contributed by atoms with E-state index in [1.54, 1.807) is 0 Å². The number of aliphatic hydroxyl groups is 1. The van der Waals surface area contributed by atoms with E-state index in [1.165, 1.54) is 0 Å². The van der Waals surface area contributed by atoms with Crippen LogP contribution in [0.4, 0.5) is 0 Å². The van der Waals surface area contributed by atoms with Crippen molar-refractivity contribution in [3.8, 4) is 5.75 Å². The van der Waals surface area contributed by atoms with Crippen LogP contribution in [0.3, 0.4) is 0 Å². The van der Waals surface area contributed by atoms with Gasteiger partial charge in [0.1, 0.15) is 5.75 Å². The smallest absolute Gasteiger partial charge is 0.122 e. The van der Waals surface area contributed by atoms with Crippen molar-refractivity contribution >= 4 is 0 Å². The number of hydrogen-bond donors (Lipinski definition) is 2. The fourth-order valence-electron chi connectivity index (χ4n) is 1.50. The van der Waals surface area contributed by atoms with E-state index in [0.717, 1.165) is 17.7 Å². The summed E-state index contributed by atoms with van der Waals surface area (Å²) in [6.45, 7) is 3.24. The summed E-state index contributed by atoms with van der Waals surface area (Å²) in [7, 11) is 0. The number of para-hydroxylation sites is 1. The highest BCUT2D eigenvalue weighted by molar-refractivity contribution is 5.33. The first-order chi connectivity index (χ1) is 7.31. The molecular formula is C12H19NO2. The van der Waals surface area contributed by atoms with Gasteiger partial charge in [0, 0.05) is 6.61 Å². The van der Waals surface area contributed by atoms with E-state index in [0.29, 0.717) is 13.2 Å². The molecule has 1 aromatic rings. The largest absolute Gasteiger partial charge is 0.494 e. The maximum absolute atomic E-state index is 9.09. The second kappa shape index (κ2) is 6.43. The van der Waals surface area contributed by atoms with Crippen LogP contribution in [0.2, 0.25) is 0 Å². The summed E-state index contributed by atoms with van der Waals surface area (Å²) < 4.78 is 5.50. The molecule has 0 aliphatic carbocycles. The minimum atomic E-state index is 0.117. The second-order valence-corrected chi connectivity index (χ2v) is 3.53. The Labute approximate surface area is 90.9 Å². The molecule has 0 spiro atoms. The zero-order chi connectivity index (χ0) is 11.1. The minimum Gasteiger partial charge on any atom is -0.494 e. The fraction of sp³-hybridized carbons (Fsp3) is 0.500. The average molecular weight is 209 g/mol. The highest BCUT2D eigenvalue weighted by Crippen LogP contribution is 2.20. The van der Waals surface area contributed by atoms with Crippen LogP contribution in [0.1, 0.15) is 12.5 Å². The molecule has 0 fully saturated rings. The summed E-state index contributed by atoms with van der Waals surface area (Å²) in [5.74, 6) is 1.01. The van der Waals surface area contributed by atoms with Crippen LogP contribution < -0.4 is 10.5 Å². The Balaban J connectivity index is 2.73. The summed E-state index contributed by atoms with van der Waals surface area (Å²) >= 11 is 0. The summed E-state index contributed by atoms with van der Waals surface area (Å²) in [4.78, 5) is 0. The number of ether oxygens (including phenoxy) is 1. The van der Waals surface area contributed by atoms with Crippen molar-refractivity contribution < 1.29 is 9.84 Å². The molecule has 3 N–H and O–H groups in total. The van der Waals surface area contributed by atoms with Gasteiger partial charge in [0.2, 0.25) is 0 Å². The van der Waals surface area contributed by atoms with Crippen molar-refractivity contribution in [2.75, 3.05) is 19.8 Å². The molecule has 0 radical (unpaired) electrons. The molecule has 0 aliphatic rings. The number of rotatable bonds is 6. The van der Waals surface area contributed by atoms with Crippen molar-refractivity contribution in [3.05, 3.63) is 29.8 Å². The van der Waals surface area contributed by atoms with Crippen LogP contribution in [0.5, 0.6) is 5.75 Å². The molecule has 0 aliphatic heterocycles. The summed E-state index contributed by atoms with van der Waals surface area (Å²) in [6.07, 6.45) is 0.767. The van der Waals surface area contributed by atoms with Gasteiger partial charge in [-0.05, 0) is 37.4 Å². The van der Waals surface area contributed by atoms with Crippen molar-refractivity contribution in [2.24, 2.45) is 11.7 Å². The molecule has 0 amide bonds. The molecule has 15 heavy (non-hydrogen) atoms. The van der Waals surface area contributed by atoms with Crippen LogP contribution in [0.25, 0.3) is 0 Å². The topological polar surface area (TPSA) is 55.5 Å². The predicted octanol–water partition coefficient (Wildman–Crippen LogP) is 1.19. The first-order valence-electron chi connectivity index (χ1n) is 5.33. The molecule has 3 heteroatoms. The number of aliphatic hydroxyl groups excluding tert-OH is 1. The van der Waals surface area contributed by atoms with Crippen molar-refractivity contribution in [1.29, 1.82) is 0 Å². The van der Waals surface area contributed by atoms with Crippen LogP contribution >= 0.6 is 0 Å². The normalized spacial score (nSPS) is 12.5. The van der Waals surface area contributed by atoms with Gasteiger partial charge >= 0.3 is 0 Å². The molecule has 1 unspecified atom stereocenters. The van der Waals surface area contributed by atoms with Crippen molar-refractivity contribution in [1.82, 2.24) is 0 Å². The highest BCUT2D eigenvalue weighted by atomic mass is 16.5. The number of hydrogen-bond acceptors (Lipinski definition) is 3. The van der Waals surface area contributed by atoms with E-state index in [2.05, 4.69) is 0 Å². The summed E-state index contributed by atoms with van der Waals surface area (Å²) in [6, 6.07) is 7.89. The standard InChI is InChI=1S/C12H19NO2/c1-2-15-12-6-4-3-5-11(12)7-10(8-13)9-14/h3-6,10,14H,2,7-9,13H2,1H3. The van der Waals surface area contributed by atoms with Gasteiger partial charge < -0.3 is 15.6 Å². The van der Waals surface area contributed by atoms with Gasteiger partial charge in [-0.2, -0.15) is 0 Å². The molecule has 0 aromatic heterocycles. The lowest BCUT2D eigenvalue weighted by atomic mass is 9.99. The lowest BCUT2D eigenvalue weighted by Gasteiger charge is -2.14. The third-order valence-corrected chi connectivity index (χ3v) is 2.37. The van der Waals surface area contributed by atoms with Gasteiger partial charge in [0.25, 0.3) is 0 Å². The van der Waals surface area contributed by atoms with Crippen LogP contribution in [0.15, 0.2) is 24.3 Å². The van der Waals surface area contributed by atoms with Crippen LogP contribution in [-0.2, 0) is 6.42 Å². The van der Waals surface area contributed by atoms with E-state index in [4.69, 9.17) is 15.6 Å². The first kappa shape index (κ1) is 12.0. The van der Waals surface area contributed by atoms with Gasteiger partial charge in [-0.15, -0.1) is 0 Å².